The highest BCUT2D eigenvalue weighted by atomic mass is 16.5. The van der Waals surface area contributed by atoms with Crippen LogP contribution in [0.5, 0.6) is 0 Å². The summed E-state index contributed by atoms with van der Waals surface area (Å²) in [5, 5.41) is 12.4. The van der Waals surface area contributed by atoms with Crippen molar-refractivity contribution < 1.29 is 14.6 Å². The molecule has 0 radical (unpaired) electrons. The molecule has 76 valence electrons. The number of aliphatic hydroxyl groups is 1. The van der Waals surface area contributed by atoms with E-state index in [4.69, 9.17) is 5.11 Å². The first-order chi connectivity index (χ1) is 6.77. The lowest BCUT2D eigenvalue weighted by Gasteiger charge is -1.93. The topological polar surface area (TPSA) is 64.3 Å². The number of hydrogen-bond donors (Lipinski definition) is 1. The van der Waals surface area contributed by atoms with Crippen LogP contribution in [-0.4, -0.2) is 34.6 Å². The molecule has 5 heteroatoms. The molecule has 1 aromatic heterocycles. The first kappa shape index (κ1) is 10.5. The van der Waals surface area contributed by atoms with Gasteiger partial charge in [0.05, 0.1) is 32.0 Å². The summed E-state index contributed by atoms with van der Waals surface area (Å²) in [7, 11) is 1.32. The van der Waals surface area contributed by atoms with Crippen LogP contribution in [0.25, 0.3) is 0 Å². The predicted molar refractivity (Wildman–Crippen MR) is 49.8 cm³/mol. The van der Waals surface area contributed by atoms with Crippen molar-refractivity contribution in [3.8, 4) is 0 Å². The Hall–Kier alpha value is -1.62. The number of esters is 1. The number of nitrogens with zero attached hydrogens (tertiary/aromatic N) is 2. The van der Waals surface area contributed by atoms with Gasteiger partial charge in [-0.2, -0.15) is 5.10 Å². The SMILES string of the molecule is COC(=O)c1cnn(C/C=C\CO)c1. The summed E-state index contributed by atoms with van der Waals surface area (Å²) >= 11 is 0. The van der Waals surface area contributed by atoms with Gasteiger partial charge in [0, 0.05) is 6.20 Å². The molecule has 0 aliphatic carbocycles. The first-order valence-electron chi connectivity index (χ1n) is 4.14. The summed E-state index contributed by atoms with van der Waals surface area (Å²) in [4.78, 5) is 11.0. The van der Waals surface area contributed by atoms with Crippen molar-refractivity contribution >= 4 is 5.97 Å². The molecule has 0 aliphatic rings. The van der Waals surface area contributed by atoms with E-state index < -0.39 is 5.97 Å². The third-order valence-electron chi connectivity index (χ3n) is 1.62. The number of aliphatic hydroxyl groups excluding tert-OH is 1. The fraction of sp³-hybridized carbons (Fsp3) is 0.333. The number of rotatable bonds is 4. The summed E-state index contributed by atoms with van der Waals surface area (Å²) in [6.45, 7) is 0.530. The molecule has 0 amide bonds. The quantitative estimate of drug-likeness (QED) is 0.552. The Kier molecular flexibility index (Phi) is 3.87. The molecule has 1 aromatic rings. The Morgan fingerprint density at radius 1 is 1.71 bits per heavy atom. The van der Waals surface area contributed by atoms with Gasteiger partial charge < -0.3 is 9.84 Å². The predicted octanol–water partition coefficient (Wildman–Crippen LogP) is 0.218. The van der Waals surface area contributed by atoms with Gasteiger partial charge in [-0.1, -0.05) is 12.2 Å². The van der Waals surface area contributed by atoms with E-state index in [0.717, 1.165) is 0 Å². The van der Waals surface area contributed by atoms with Crippen LogP contribution in [0, 0.1) is 0 Å². The largest absolute Gasteiger partial charge is 0.465 e. The molecule has 14 heavy (non-hydrogen) atoms. The normalized spacial score (nSPS) is 10.7. The Morgan fingerprint density at radius 3 is 3.14 bits per heavy atom. The maximum absolute atomic E-state index is 11.0. The van der Waals surface area contributed by atoms with Gasteiger partial charge in [0.1, 0.15) is 0 Å². The monoisotopic (exact) mass is 196 g/mol. The number of ether oxygens (including phenoxy) is 1. The van der Waals surface area contributed by atoms with Gasteiger partial charge in [0.15, 0.2) is 0 Å². The number of carbonyl (C=O) groups is 1. The maximum atomic E-state index is 11.0. The number of methoxy groups -OCH3 is 1. The molecule has 0 saturated heterocycles. The summed E-state index contributed by atoms with van der Waals surface area (Å²) in [5.74, 6) is -0.401. The van der Waals surface area contributed by atoms with Crippen molar-refractivity contribution in [2.75, 3.05) is 13.7 Å². The zero-order chi connectivity index (χ0) is 10.4. The molecule has 0 aliphatic heterocycles. The molecule has 0 spiro atoms. The zero-order valence-electron chi connectivity index (χ0n) is 7.88. The van der Waals surface area contributed by atoms with Gasteiger partial charge in [-0.25, -0.2) is 4.79 Å². The number of allylic oxidation sites excluding steroid dienone is 1. The van der Waals surface area contributed by atoms with Gasteiger partial charge in [-0.3, -0.25) is 4.68 Å². The molecule has 0 fully saturated rings. The third-order valence-corrected chi connectivity index (χ3v) is 1.62. The Labute approximate surface area is 81.6 Å². The minimum absolute atomic E-state index is 0.00509. The molecule has 1 heterocycles. The summed E-state index contributed by atoms with van der Waals surface area (Å²) in [5.41, 5.74) is 0.421. The fourth-order valence-corrected chi connectivity index (χ4v) is 0.944. The van der Waals surface area contributed by atoms with E-state index in [1.807, 2.05) is 0 Å². The van der Waals surface area contributed by atoms with Crippen molar-refractivity contribution in [2.24, 2.45) is 0 Å². The molecular weight excluding hydrogens is 184 g/mol. The van der Waals surface area contributed by atoms with E-state index in [1.54, 1.807) is 23.0 Å². The van der Waals surface area contributed by atoms with Crippen LogP contribution in [0.2, 0.25) is 0 Å². The third kappa shape index (κ3) is 2.70. The van der Waals surface area contributed by atoms with Crippen LogP contribution in [0.4, 0.5) is 0 Å². The Balaban J connectivity index is 2.59. The highest BCUT2D eigenvalue weighted by Gasteiger charge is 2.06. The van der Waals surface area contributed by atoms with Gasteiger partial charge in [-0.05, 0) is 0 Å². The first-order valence-corrected chi connectivity index (χ1v) is 4.14. The lowest BCUT2D eigenvalue weighted by atomic mass is 10.4. The van der Waals surface area contributed by atoms with Crippen LogP contribution in [0.15, 0.2) is 24.5 Å². The van der Waals surface area contributed by atoms with E-state index >= 15 is 0 Å². The van der Waals surface area contributed by atoms with Crippen molar-refractivity contribution in [3.05, 3.63) is 30.1 Å². The number of hydrogen-bond acceptors (Lipinski definition) is 4. The second-order valence-electron chi connectivity index (χ2n) is 2.60. The molecule has 0 atom stereocenters. The zero-order valence-corrected chi connectivity index (χ0v) is 7.88. The molecule has 1 rings (SSSR count). The standard InChI is InChI=1S/C9H12N2O3/c1-14-9(13)8-6-10-11(7-8)4-2-3-5-12/h2-3,6-7,12H,4-5H2,1H3/b3-2-. The minimum atomic E-state index is -0.401. The van der Waals surface area contributed by atoms with Crippen molar-refractivity contribution in [1.29, 1.82) is 0 Å². The van der Waals surface area contributed by atoms with E-state index in [2.05, 4.69) is 9.84 Å². The molecule has 1 N–H and O–H groups in total. The van der Waals surface area contributed by atoms with Crippen molar-refractivity contribution in [2.45, 2.75) is 6.54 Å². The summed E-state index contributed by atoms with van der Waals surface area (Å²) < 4.78 is 6.11. The van der Waals surface area contributed by atoms with Crippen LogP contribution < -0.4 is 0 Å². The fourth-order valence-electron chi connectivity index (χ4n) is 0.944. The molecule has 0 unspecified atom stereocenters. The Bertz CT molecular complexity index is 331. The molecule has 0 saturated carbocycles. The lowest BCUT2D eigenvalue weighted by Crippen LogP contribution is -1.99. The van der Waals surface area contributed by atoms with Gasteiger partial charge in [0.25, 0.3) is 0 Å². The number of aromatic nitrogens is 2. The number of carbonyl (C=O) groups excluding carboxylic acids is 1. The molecule has 5 nitrogen and oxygen atoms in total. The highest BCUT2D eigenvalue weighted by Crippen LogP contribution is 1.99. The van der Waals surface area contributed by atoms with E-state index in [-0.39, 0.29) is 6.61 Å². The van der Waals surface area contributed by atoms with Crippen LogP contribution >= 0.6 is 0 Å². The van der Waals surface area contributed by atoms with E-state index in [9.17, 15) is 4.79 Å². The van der Waals surface area contributed by atoms with E-state index in [0.29, 0.717) is 12.1 Å². The van der Waals surface area contributed by atoms with Gasteiger partial charge in [0.2, 0.25) is 0 Å². The van der Waals surface area contributed by atoms with Gasteiger partial charge >= 0.3 is 5.97 Å². The van der Waals surface area contributed by atoms with Crippen LogP contribution in [-0.2, 0) is 11.3 Å². The average Bonchev–Trinajstić information content (AvgIpc) is 2.66. The molecule has 0 aromatic carbocycles. The second kappa shape index (κ2) is 5.18. The second-order valence-corrected chi connectivity index (χ2v) is 2.60. The highest BCUT2D eigenvalue weighted by molar-refractivity contribution is 5.88. The van der Waals surface area contributed by atoms with Crippen molar-refractivity contribution in [3.63, 3.8) is 0 Å². The summed E-state index contributed by atoms with van der Waals surface area (Å²) in [6, 6.07) is 0. The van der Waals surface area contributed by atoms with Crippen molar-refractivity contribution in [1.82, 2.24) is 9.78 Å². The molecular formula is C9H12N2O3. The van der Waals surface area contributed by atoms with E-state index in [1.165, 1.54) is 13.3 Å². The lowest BCUT2D eigenvalue weighted by molar-refractivity contribution is 0.0600. The maximum Gasteiger partial charge on any atom is 0.341 e. The summed E-state index contributed by atoms with van der Waals surface area (Å²) in [6.07, 6.45) is 6.40. The van der Waals surface area contributed by atoms with Crippen LogP contribution in [0.3, 0.4) is 0 Å². The van der Waals surface area contributed by atoms with Crippen LogP contribution in [0.1, 0.15) is 10.4 Å². The Morgan fingerprint density at radius 2 is 2.50 bits per heavy atom. The minimum Gasteiger partial charge on any atom is -0.465 e. The molecule has 0 bridgehead atoms. The smallest absolute Gasteiger partial charge is 0.341 e. The average molecular weight is 196 g/mol. The van der Waals surface area contributed by atoms with Gasteiger partial charge in [-0.15, -0.1) is 0 Å².